The van der Waals surface area contributed by atoms with E-state index in [9.17, 15) is 4.79 Å². The molecular weight excluding hydrogens is 564 g/mol. The predicted molar refractivity (Wildman–Crippen MR) is 128 cm³/mol. The molecule has 0 saturated heterocycles. The molecule has 2 heterocycles. The fourth-order valence-corrected chi connectivity index (χ4v) is 3.83. The minimum absolute atomic E-state index is 0.0843. The van der Waals surface area contributed by atoms with Crippen LogP contribution in [0.5, 0.6) is 5.75 Å². The zero-order chi connectivity index (χ0) is 22.7. The van der Waals surface area contributed by atoms with Crippen LogP contribution in [-0.4, -0.2) is 20.8 Å². The fraction of sp³-hybridized carbons (Fsp3) is 0.136. The molecule has 7 nitrogen and oxygen atoms in total. The van der Waals surface area contributed by atoms with Gasteiger partial charge in [0.2, 0.25) is 0 Å². The molecule has 0 atom stereocenters. The molecule has 0 radical (unpaired) electrons. The number of hydrogen-bond acceptors (Lipinski definition) is 5. The molecule has 0 spiro atoms. The third-order valence-electron chi connectivity index (χ3n) is 4.62. The summed E-state index contributed by atoms with van der Waals surface area (Å²) in [4.78, 5) is 12.9. The number of hydrogen-bond donors (Lipinski definition) is 1. The summed E-state index contributed by atoms with van der Waals surface area (Å²) in [5, 5.41) is 11.6. The van der Waals surface area contributed by atoms with Gasteiger partial charge in [0.25, 0.3) is 5.91 Å². The highest BCUT2D eigenvalue weighted by Crippen LogP contribution is 2.26. The minimum atomic E-state index is -0.450. The van der Waals surface area contributed by atoms with Crippen molar-refractivity contribution >= 4 is 55.2 Å². The van der Waals surface area contributed by atoms with Crippen molar-refractivity contribution in [3.05, 3.63) is 91.3 Å². The van der Waals surface area contributed by atoms with Crippen molar-refractivity contribution in [2.45, 2.75) is 20.1 Å². The van der Waals surface area contributed by atoms with Crippen molar-refractivity contribution in [3.63, 3.8) is 0 Å². The lowest BCUT2D eigenvalue weighted by molar-refractivity contribution is 0.101. The van der Waals surface area contributed by atoms with Crippen molar-refractivity contribution < 1.29 is 14.1 Å². The summed E-state index contributed by atoms with van der Waals surface area (Å²) in [6, 6.07) is 15.0. The fourth-order valence-electron chi connectivity index (χ4n) is 2.96. The van der Waals surface area contributed by atoms with E-state index in [1.54, 1.807) is 29.9 Å². The number of nitrogens with zero attached hydrogens (tertiary/aromatic N) is 3. The van der Waals surface area contributed by atoms with Gasteiger partial charge in [-0.2, -0.15) is 5.10 Å². The molecule has 0 aliphatic rings. The van der Waals surface area contributed by atoms with Crippen LogP contribution in [0.25, 0.3) is 0 Å². The number of amides is 1. The largest absolute Gasteiger partial charge is 0.487 e. The molecule has 164 valence electrons. The molecule has 4 rings (SSSR count). The third kappa shape index (κ3) is 5.23. The Kier molecular flexibility index (Phi) is 6.98. The van der Waals surface area contributed by atoms with Crippen LogP contribution < -0.4 is 10.1 Å². The second-order valence-corrected chi connectivity index (χ2v) is 9.07. The summed E-state index contributed by atoms with van der Waals surface area (Å²) < 4.78 is 14.4. The molecule has 10 heteroatoms. The molecular formula is C22H17Br2ClN4O3. The molecule has 1 amide bonds. The van der Waals surface area contributed by atoms with E-state index in [4.69, 9.17) is 20.9 Å². The molecule has 0 aliphatic carbocycles. The van der Waals surface area contributed by atoms with E-state index in [1.807, 2.05) is 36.4 Å². The number of halogens is 3. The van der Waals surface area contributed by atoms with Crippen molar-refractivity contribution in [3.8, 4) is 5.75 Å². The highest BCUT2D eigenvalue weighted by Gasteiger charge is 2.22. The molecule has 0 saturated carbocycles. The van der Waals surface area contributed by atoms with E-state index in [-0.39, 0.29) is 12.3 Å². The number of carbonyl (C=O) groups is 1. The Morgan fingerprint density at radius 2 is 1.94 bits per heavy atom. The Hall–Kier alpha value is -2.62. The Balaban J connectivity index is 1.47. The van der Waals surface area contributed by atoms with Gasteiger partial charge in [0, 0.05) is 10.7 Å². The van der Waals surface area contributed by atoms with Crippen LogP contribution in [0.1, 0.15) is 27.4 Å². The van der Waals surface area contributed by atoms with Gasteiger partial charge >= 0.3 is 0 Å². The first-order chi connectivity index (χ1) is 15.4. The SMILES string of the molecule is Cc1onc(C(=O)Nc2nn(Cc3ccc(Br)cc3)cc2Br)c1COc1ccccc1Cl. The lowest BCUT2D eigenvalue weighted by Gasteiger charge is -2.08. The van der Waals surface area contributed by atoms with Crippen LogP contribution in [-0.2, 0) is 13.2 Å². The van der Waals surface area contributed by atoms with E-state index in [2.05, 4.69) is 47.4 Å². The van der Waals surface area contributed by atoms with Crippen LogP contribution in [0, 0.1) is 6.92 Å². The predicted octanol–water partition coefficient (Wildman–Crippen LogP) is 6.24. The maximum Gasteiger partial charge on any atom is 0.279 e. The third-order valence-corrected chi connectivity index (χ3v) is 6.04. The van der Waals surface area contributed by atoms with Gasteiger partial charge in [-0.1, -0.05) is 57.0 Å². The molecule has 0 fully saturated rings. The number of carbonyl (C=O) groups excluding carboxylic acids is 1. The summed E-state index contributed by atoms with van der Waals surface area (Å²) in [6.45, 7) is 2.36. The highest BCUT2D eigenvalue weighted by molar-refractivity contribution is 9.10. The molecule has 0 bridgehead atoms. The van der Waals surface area contributed by atoms with Crippen LogP contribution in [0.4, 0.5) is 5.82 Å². The Bertz CT molecular complexity index is 1250. The van der Waals surface area contributed by atoms with E-state index in [0.717, 1.165) is 10.0 Å². The maximum absolute atomic E-state index is 12.9. The number of benzene rings is 2. The van der Waals surface area contributed by atoms with E-state index >= 15 is 0 Å². The number of rotatable bonds is 7. The van der Waals surface area contributed by atoms with Crippen LogP contribution >= 0.6 is 43.5 Å². The first-order valence-electron chi connectivity index (χ1n) is 9.52. The van der Waals surface area contributed by atoms with Gasteiger partial charge < -0.3 is 14.6 Å². The number of anilines is 1. The number of aromatic nitrogens is 3. The van der Waals surface area contributed by atoms with E-state index in [0.29, 0.717) is 38.9 Å². The lowest BCUT2D eigenvalue weighted by Crippen LogP contribution is -2.16. The van der Waals surface area contributed by atoms with Crippen LogP contribution in [0.2, 0.25) is 5.02 Å². The zero-order valence-corrected chi connectivity index (χ0v) is 20.7. The van der Waals surface area contributed by atoms with Crippen LogP contribution in [0.3, 0.4) is 0 Å². The zero-order valence-electron chi connectivity index (χ0n) is 16.8. The van der Waals surface area contributed by atoms with Crippen molar-refractivity contribution in [2.75, 3.05) is 5.32 Å². The molecule has 2 aromatic heterocycles. The average molecular weight is 581 g/mol. The van der Waals surface area contributed by atoms with Gasteiger partial charge in [-0.05, 0) is 52.7 Å². The summed E-state index contributed by atoms with van der Waals surface area (Å²) in [5.74, 6) is 0.928. The number of ether oxygens (including phenoxy) is 1. The van der Waals surface area contributed by atoms with E-state index < -0.39 is 5.91 Å². The number of nitrogens with one attached hydrogen (secondary N) is 1. The highest BCUT2D eigenvalue weighted by atomic mass is 79.9. The summed E-state index contributed by atoms with van der Waals surface area (Å²) >= 11 is 13.0. The minimum Gasteiger partial charge on any atom is -0.487 e. The Morgan fingerprint density at radius 3 is 2.69 bits per heavy atom. The van der Waals surface area contributed by atoms with Crippen molar-refractivity contribution in [2.24, 2.45) is 0 Å². The van der Waals surface area contributed by atoms with E-state index in [1.165, 1.54) is 0 Å². The first-order valence-corrected chi connectivity index (χ1v) is 11.5. The quantitative estimate of drug-likeness (QED) is 0.280. The smallest absolute Gasteiger partial charge is 0.279 e. The monoisotopic (exact) mass is 578 g/mol. The van der Waals surface area contributed by atoms with Gasteiger partial charge in [-0.15, -0.1) is 0 Å². The second kappa shape index (κ2) is 9.89. The standard InChI is InChI=1S/C22H17Br2ClN4O3/c1-13-16(12-31-19-5-3-2-4-18(19)25)20(28-32-13)22(30)26-21-17(24)11-29(27-21)10-14-6-8-15(23)9-7-14/h2-9,11H,10,12H2,1H3,(H,26,27,30). The number of para-hydroxylation sites is 1. The van der Waals surface area contributed by atoms with Gasteiger partial charge in [0.1, 0.15) is 18.1 Å². The summed E-state index contributed by atoms with van der Waals surface area (Å²) in [7, 11) is 0. The molecule has 0 unspecified atom stereocenters. The summed E-state index contributed by atoms with van der Waals surface area (Å²) in [6.07, 6.45) is 1.80. The lowest BCUT2D eigenvalue weighted by atomic mass is 10.2. The second-order valence-electron chi connectivity index (χ2n) is 6.89. The first kappa shape index (κ1) is 22.6. The van der Waals surface area contributed by atoms with Crippen molar-refractivity contribution in [1.82, 2.24) is 14.9 Å². The molecule has 2 aromatic carbocycles. The molecule has 0 aliphatic heterocycles. The van der Waals surface area contributed by atoms with Gasteiger partial charge in [0.15, 0.2) is 11.5 Å². The number of aryl methyl sites for hydroxylation is 1. The Labute approximate surface area is 205 Å². The molecule has 4 aromatic rings. The average Bonchev–Trinajstić information content (AvgIpc) is 3.31. The Morgan fingerprint density at radius 1 is 1.19 bits per heavy atom. The van der Waals surface area contributed by atoms with Gasteiger partial charge in [0.05, 0.1) is 21.6 Å². The topological polar surface area (TPSA) is 82.2 Å². The van der Waals surface area contributed by atoms with Crippen molar-refractivity contribution in [1.29, 1.82) is 0 Å². The van der Waals surface area contributed by atoms with Gasteiger partial charge in [-0.25, -0.2) is 0 Å². The molecule has 32 heavy (non-hydrogen) atoms. The summed E-state index contributed by atoms with van der Waals surface area (Å²) in [5.41, 5.74) is 1.74. The maximum atomic E-state index is 12.9. The molecule has 1 N–H and O–H groups in total. The van der Waals surface area contributed by atoms with Crippen LogP contribution in [0.15, 0.2) is 68.2 Å². The van der Waals surface area contributed by atoms with Gasteiger partial charge in [-0.3, -0.25) is 9.48 Å². The normalized spacial score (nSPS) is 10.9.